The predicted octanol–water partition coefficient (Wildman–Crippen LogP) is 1.40. The molecule has 2 aliphatic rings. The standard InChI is InChI=1S/C23H30N4O2.2CH2O2/c1-18(28)19-8-9-22(24-16-19)27-11-10-23(29,20-6-4-3-5-7-20)21(17-27)26-14-12-25(2)13-15-26;2*2-1-3/h3-9,16,21,29H,10-15,17H2,1-2H3;2*1H,(H,2,3)/t21-,23+;;/m1../s1. The molecule has 190 valence electrons. The van der Waals surface area contributed by atoms with E-state index in [0.29, 0.717) is 18.5 Å². The normalized spacial score (nSPS) is 22.6. The Bertz CT molecular complexity index is 929. The lowest BCUT2D eigenvalue weighted by molar-refractivity contribution is -0.123. The third-order valence-electron chi connectivity index (χ3n) is 6.44. The number of ketones is 1. The molecule has 2 fully saturated rings. The fourth-order valence-corrected chi connectivity index (χ4v) is 4.53. The second-order valence-corrected chi connectivity index (χ2v) is 8.51. The number of aliphatic hydroxyl groups is 1. The van der Waals surface area contributed by atoms with E-state index < -0.39 is 5.60 Å². The van der Waals surface area contributed by atoms with Crippen molar-refractivity contribution in [1.29, 1.82) is 0 Å². The van der Waals surface area contributed by atoms with Gasteiger partial charge in [-0.3, -0.25) is 19.3 Å². The Kier molecular flexibility index (Phi) is 10.8. The number of piperazine rings is 1. The minimum Gasteiger partial charge on any atom is -0.483 e. The first-order valence-electron chi connectivity index (χ1n) is 11.4. The SMILES string of the molecule is CC(=O)c1ccc(N2CC[C@](O)(c3ccccc3)[C@H](N3CCN(C)CC3)C2)nc1.O=CO.O=CO. The van der Waals surface area contributed by atoms with Crippen LogP contribution in [0.5, 0.6) is 0 Å². The average Bonchev–Trinajstić information content (AvgIpc) is 2.87. The number of carboxylic acid groups (broad SMARTS) is 2. The summed E-state index contributed by atoms with van der Waals surface area (Å²) in [5.41, 5.74) is 0.734. The fourth-order valence-electron chi connectivity index (χ4n) is 4.53. The Balaban J connectivity index is 0.000000655. The molecule has 0 amide bonds. The molecule has 10 heteroatoms. The number of Topliss-reactive ketones (excluding diaryl/α,β-unsaturated/α-hetero) is 1. The molecule has 0 unspecified atom stereocenters. The van der Waals surface area contributed by atoms with Gasteiger partial charge in [-0.15, -0.1) is 0 Å². The molecule has 3 heterocycles. The number of carbonyl (C=O) groups is 3. The first-order valence-corrected chi connectivity index (χ1v) is 11.4. The highest BCUT2D eigenvalue weighted by atomic mass is 16.3. The highest BCUT2D eigenvalue weighted by Crippen LogP contribution is 2.37. The predicted molar refractivity (Wildman–Crippen MR) is 132 cm³/mol. The summed E-state index contributed by atoms with van der Waals surface area (Å²) < 4.78 is 0. The molecule has 10 nitrogen and oxygen atoms in total. The number of anilines is 1. The summed E-state index contributed by atoms with van der Waals surface area (Å²) in [7, 11) is 2.15. The van der Waals surface area contributed by atoms with Crippen molar-refractivity contribution in [3.8, 4) is 0 Å². The summed E-state index contributed by atoms with van der Waals surface area (Å²) in [5, 5.41) is 25.6. The Hall–Kier alpha value is -3.34. The van der Waals surface area contributed by atoms with Gasteiger partial charge in [0.25, 0.3) is 12.9 Å². The highest BCUT2D eigenvalue weighted by Gasteiger charge is 2.46. The largest absolute Gasteiger partial charge is 0.483 e. The molecule has 2 aromatic rings. The quantitative estimate of drug-likeness (QED) is 0.430. The van der Waals surface area contributed by atoms with Gasteiger partial charge in [0.05, 0.1) is 6.04 Å². The molecule has 2 atom stereocenters. The number of likely N-dealkylation sites (N-methyl/N-ethyl adjacent to an activating group) is 1. The maximum Gasteiger partial charge on any atom is 0.290 e. The second kappa shape index (κ2) is 13.5. The zero-order chi connectivity index (χ0) is 25.8. The van der Waals surface area contributed by atoms with E-state index >= 15 is 0 Å². The summed E-state index contributed by atoms with van der Waals surface area (Å²) in [6.07, 6.45) is 2.30. The van der Waals surface area contributed by atoms with E-state index in [1.807, 2.05) is 42.5 Å². The number of piperidine rings is 1. The number of nitrogens with zero attached hydrogens (tertiary/aromatic N) is 4. The monoisotopic (exact) mass is 486 g/mol. The van der Waals surface area contributed by atoms with Crippen LogP contribution in [0.4, 0.5) is 5.82 Å². The Morgan fingerprint density at radius 1 is 1.00 bits per heavy atom. The van der Waals surface area contributed by atoms with Crippen molar-refractivity contribution in [2.75, 3.05) is 51.2 Å². The molecule has 1 aromatic carbocycles. The first kappa shape index (κ1) is 27.9. The summed E-state index contributed by atoms with van der Waals surface area (Å²) in [5.74, 6) is 0.890. The van der Waals surface area contributed by atoms with Gasteiger partial charge in [0.15, 0.2) is 5.78 Å². The molecule has 0 saturated carbocycles. The second-order valence-electron chi connectivity index (χ2n) is 8.51. The summed E-state index contributed by atoms with van der Waals surface area (Å²) in [4.78, 5) is 39.8. The number of hydrogen-bond acceptors (Lipinski definition) is 8. The van der Waals surface area contributed by atoms with Crippen LogP contribution in [0.1, 0.15) is 29.3 Å². The van der Waals surface area contributed by atoms with Crippen molar-refractivity contribution in [2.45, 2.75) is 25.0 Å². The van der Waals surface area contributed by atoms with Gasteiger partial charge in [0.1, 0.15) is 11.4 Å². The van der Waals surface area contributed by atoms with E-state index in [9.17, 15) is 9.90 Å². The van der Waals surface area contributed by atoms with Gasteiger partial charge in [-0.1, -0.05) is 30.3 Å². The van der Waals surface area contributed by atoms with E-state index in [0.717, 1.165) is 44.1 Å². The van der Waals surface area contributed by atoms with Crippen LogP contribution < -0.4 is 4.90 Å². The first-order chi connectivity index (χ1) is 16.8. The van der Waals surface area contributed by atoms with Gasteiger partial charge in [0.2, 0.25) is 0 Å². The summed E-state index contributed by atoms with van der Waals surface area (Å²) in [6.45, 7) is 6.39. The Morgan fingerprint density at radius 3 is 2.11 bits per heavy atom. The van der Waals surface area contributed by atoms with Crippen molar-refractivity contribution >= 4 is 24.5 Å². The summed E-state index contributed by atoms with van der Waals surface area (Å²) in [6, 6.07) is 13.8. The van der Waals surface area contributed by atoms with Gasteiger partial charge >= 0.3 is 0 Å². The van der Waals surface area contributed by atoms with Crippen LogP contribution in [0.15, 0.2) is 48.7 Å². The smallest absolute Gasteiger partial charge is 0.290 e. The number of benzene rings is 1. The van der Waals surface area contributed by atoms with Crippen molar-refractivity contribution in [3.63, 3.8) is 0 Å². The van der Waals surface area contributed by atoms with Gasteiger partial charge in [-0.25, -0.2) is 4.98 Å². The molecule has 3 N–H and O–H groups in total. The molecule has 35 heavy (non-hydrogen) atoms. The topological polar surface area (TPSA) is 135 Å². The van der Waals surface area contributed by atoms with Crippen LogP contribution in [0.2, 0.25) is 0 Å². The molecular formula is C25H34N4O6. The third kappa shape index (κ3) is 7.32. The van der Waals surface area contributed by atoms with Crippen molar-refractivity contribution in [3.05, 3.63) is 59.8 Å². The Labute approximate surface area is 205 Å². The lowest BCUT2D eigenvalue weighted by atomic mass is 9.79. The molecule has 0 spiro atoms. The van der Waals surface area contributed by atoms with Crippen LogP contribution in [-0.4, -0.2) is 101 Å². The van der Waals surface area contributed by atoms with E-state index in [1.165, 1.54) is 0 Å². The lowest BCUT2D eigenvalue weighted by Crippen LogP contribution is -2.64. The van der Waals surface area contributed by atoms with Crippen LogP contribution >= 0.6 is 0 Å². The number of pyridine rings is 1. The van der Waals surface area contributed by atoms with E-state index in [2.05, 4.69) is 26.7 Å². The minimum atomic E-state index is -0.882. The summed E-state index contributed by atoms with van der Waals surface area (Å²) >= 11 is 0. The van der Waals surface area contributed by atoms with Crippen molar-refractivity contribution in [2.24, 2.45) is 0 Å². The maximum absolute atomic E-state index is 11.9. The molecule has 0 radical (unpaired) electrons. The molecule has 0 bridgehead atoms. The van der Waals surface area contributed by atoms with Gasteiger partial charge in [-0.2, -0.15) is 0 Å². The van der Waals surface area contributed by atoms with E-state index in [1.54, 1.807) is 13.1 Å². The molecule has 2 aliphatic heterocycles. The fraction of sp³-hybridized carbons (Fsp3) is 0.440. The van der Waals surface area contributed by atoms with E-state index in [-0.39, 0.29) is 24.8 Å². The Morgan fingerprint density at radius 2 is 1.60 bits per heavy atom. The van der Waals surface area contributed by atoms with Crippen molar-refractivity contribution in [1.82, 2.24) is 14.8 Å². The lowest BCUT2D eigenvalue weighted by Gasteiger charge is -2.51. The number of aromatic nitrogens is 1. The van der Waals surface area contributed by atoms with Gasteiger partial charge in [0, 0.05) is 51.0 Å². The molecule has 1 aromatic heterocycles. The zero-order valence-electron chi connectivity index (χ0n) is 20.2. The van der Waals surface area contributed by atoms with Gasteiger partial charge < -0.3 is 25.1 Å². The number of rotatable bonds is 4. The van der Waals surface area contributed by atoms with E-state index in [4.69, 9.17) is 19.8 Å². The van der Waals surface area contributed by atoms with Crippen LogP contribution in [-0.2, 0) is 15.2 Å². The zero-order valence-corrected chi connectivity index (χ0v) is 20.2. The van der Waals surface area contributed by atoms with Crippen molar-refractivity contribution < 1.29 is 29.7 Å². The number of hydrogen-bond donors (Lipinski definition) is 3. The average molecular weight is 487 g/mol. The number of carbonyl (C=O) groups excluding carboxylic acids is 1. The maximum atomic E-state index is 11.9. The highest BCUT2D eigenvalue weighted by molar-refractivity contribution is 5.93. The van der Waals surface area contributed by atoms with Crippen LogP contribution in [0.3, 0.4) is 0 Å². The molecular weight excluding hydrogens is 452 g/mol. The molecule has 2 saturated heterocycles. The minimum absolute atomic E-state index is 0.0124. The van der Waals surface area contributed by atoms with Crippen LogP contribution in [0, 0.1) is 0 Å². The molecule has 0 aliphatic carbocycles. The molecule has 4 rings (SSSR count). The van der Waals surface area contributed by atoms with Gasteiger partial charge in [-0.05, 0) is 38.1 Å². The third-order valence-corrected chi connectivity index (χ3v) is 6.44. The van der Waals surface area contributed by atoms with Crippen LogP contribution in [0.25, 0.3) is 0 Å².